The van der Waals surface area contributed by atoms with Crippen molar-refractivity contribution in [1.82, 2.24) is 15.0 Å². The molecule has 0 spiro atoms. The van der Waals surface area contributed by atoms with E-state index in [1.165, 1.54) is 0 Å². The first-order chi connectivity index (χ1) is 12.3. The molecule has 0 bridgehead atoms. The van der Waals surface area contributed by atoms with Crippen LogP contribution in [0.4, 0.5) is 11.6 Å². The Morgan fingerprint density at radius 1 is 1.00 bits per heavy atom. The Morgan fingerprint density at radius 2 is 1.84 bits per heavy atom. The minimum atomic E-state index is 0.539. The molecule has 4 aromatic rings. The molecule has 0 atom stereocenters. The number of benzene rings is 2. The Kier molecular flexibility index (Phi) is 5.31. The summed E-state index contributed by atoms with van der Waals surface area (Å²) in [5.74, 6) is 0.539. The van der Waals surface area contributed by atoms with Crippen LogP contribution in [0.1, 0.15) is 13.8 Å². The van der Waals surface area contributed by atoms with Crippen LogP contribution in [0, 0.1) is 0 Å². The zero-order chi connectivity index (χ0) is 17.6. The SMILES string of the molecule is CC.Clc1cccc(Nc2nccc(-c3cccc4[nH]ccc34)n2)c1. The third-order valence-corrected chi connectivity index (χ3v) is 3.84. The summed E-state index contributed by atoms with van der Waals surface area (Å²) in [6.07, 6.45) is 3.68. The molecule has 0 aliphatic heterocycles. The van der Waals surface area contributed by atoms with Gasteiger partial charge in [0.15, 0.2) is 0 Å². The van der Waals surface area contributed by atoms with Crippen LogP contribution in [-0.2, 0) is 0 Å². The van der Waals surface area contributed by atoms with E-state index in [0.717, 1.165) is 27.8 Å². The number of aromatic nitrogens is 3. The number of aromatic amines is 1. The molecule has 2 N–H and O–H groups in total. The lowest BCUT2D eigenvalue weighted by molar-refractivity contribution is 1.17. The summed E-state index contributed by atoms with van der Waals surface area (Å²) in [4.78, 5) is 12.1. The van der Waals surface area contributed by atoms with Gasteiger partial charge in [-0.15, -0.1) is 0 Å². The van der Waals surface area contributed by atoms with Crippen molar-refractivity contribution in [3.63, 3.8) is 0 Å². The van der Waals surface area contributed by atoms with E-state index < -0.39 is 0 Å². The monoisotopic (exact) mass is 350 g/mol. The van der Waals surface area contributed by atoms with E-state index in [4.69, 9.17) is 11.6 Å². The van der Waals surface area contributed by atoms with Crippen LogP contribution in [0.5, 0.6) is 0 Å². The van der Waals surface area contributed by atoms with Crippen molar-refractivity contribution >= 4 is 34.1 Å². The molecule has 0 saturated heterocycles. The van der Waals surface area contributed by atoms with E-state index in [-0.39, 0.29) is 0 Å². The fraction of sp³-hybridized carbons (Fsp3) is 0.100. The van der Waals surface area contributed by atoms with E-state index in [9.17, 15) is 0 Å². The first kappa shape index (κ1) is 17.0. The molecule has 0 amide bonds. The summed E-state index contributed by atoms with van der Waals surface area (Å²) in [7, 11) is 0. The van der Waals surface area contributed by atoms with Crippen molar-refractivity contribution in [3.8, 4) is 11.3 Å². The maximum atomic E-state index is 6.01. The highest BCUT2D eigenvalue weighted by Gasteiger charge is 2.07. The number of H-pyrrole nitrogens is 1. The molecule has 4 nitrogen and oxygen atoms in total. The van der Waals surface area contributed by atoms with E-state index in [2.05, 4.69) is 32.4 Å². The van der Waals surface area contributed by atoms with Gasteiger partial charge in [-0.25, -0.2) is 9.97 Å². The third kappa shape index (κ3) is 3.80. The molecule has 0 aliphatic carbocycles. The topological polar surface area (TPSA) is 53.6 Å². The number of nitrogens with zero attached hydrogens (tertiary/aromatic N) is 2. The number of rotatable bonds is 3. The minimum absolute atomic E-state index is 0.539. The van der Waals surface area contributed by atoms with Crippen LogP contribution in [0.2, 0.25) is 5.02 Å². The van der Waals surface area contributed by atoms with Crippen molar-refractivity contribution in [2.24, 2.45) is 0 Å². The summed E-state index contributed by atoms with van der Waals surface area (Å²) in [5.41, 5.74) is 3.88. The van der Waals surface area contributed by atoms with Crippen molar-refractivity contribution in [1.29, 1.82) is 0 Å². The van der Waals surface area contributed by atoms with Crippen molar-refractivity contribution in [2.75, 3.05) is 5.32 Å². The van der Waals surface area contributed by atoms with Gasteiger partial charge in [-0.3, -0.25) is 0 Å². The standard InChI is InChI=1S/C18H13ClN4.C2H6/c19-12-3-1-4-13(11-12)22-18-21-10-8-17(23-18)14-5-2-6-16-15(14)7-9-20-16;1-2/h1-11,20H,(H,21,22,23);1-2H3. The average Bonchev–Trinajstić information content (AvgIpc) is 3.12. The van der Waals surface area contributed by atoms with Crippen molar-refractivity contribution in [3.05, 3.63) is 72.0 Å². The zero-order valence-electron chi connectivity index (χ0n) is 14.1. The number of anilines is 2. The Bertz CT molecular complexity index is 978. The zero-order valence-corrected chi connectivity index (χ0v) is 14.9. The van der Waals surface area contributed by atoms with E-state index in [0.29, 0.717) is 11.0 Å². The van der Waals surface area contributed by atoms with Gasteiger partial charge >= 0.3 is 0 Å². The van der Waals surface area contributed by atoms with Gasteiger partial charge in [-0.05, 0) is 36.4 Å². The Hall–Kier alpha value is -2.85. The second-order valence-corrected chi connectivity index (χ2v) is 5.58. The fourth-order valence-corrected chi connectivity index (χ4v) is 2.76. The highest BCUT2D eigenvalue weighted by molar-refractivity contribution is 6.30. The summed E-state index contributed by atoms with van der Waals surface area (Å²) in [6.45, 7) is 4.00. The molecule has 126 valence electrons. The van der Waals surface area contributed by atoms with Gasteiger partial charge < -0.3 is 10.3 Å². The van der Waals surface area contributed by atoms with Crippen LogP contribution in [0.25, 0.3) is 22.2 Å². The van der Waals surface area contributed by atoms with E-state index in [1.54, 1.807) is 6.20 Å². The lowest BCUT2D eigenvalue weighted by atomic mass is 10.1. The van der Waals surface area contributed by atoms with Crippen molar-refractivity contribution < 1.29 is 0 Å². The Morgan fingerprint density at radius 3 is 2.68 bits per heavy atom. The molecule has 0 aliphatic rings. The number of hydrogen-bond acceptors (Lipinski definition) is 3. The molecule has 0 unspecified atom stereocenters. The van der Waals surface area contributed by atoms with Crippen molar-refractivity contribution in [2.45, 2.75) is 13.8 Å². The van der Waals surface area contributed by atoms with Gasteiger partial charge in [0.1, 0.15) is 0 Å². The van der Waals surface area contributed by atoms with Gasteiger partial charge in [-0.1, -0.05) is 43.6 Å². The molecule has 2 aromatic heterocycles. The Balaban J connectivity index is 0.000000880. The van der Waals surface area contributed by atoms with Crippen LogP contribution < -0.4 is 5.32 Å². The first-order valence-electron chi connectivity index (χ1n) is 8.22. The third-order valence-electron chi connectivity index (χ3n) is 3.61. The minimum Gasteiger partial charge on any atom is -0.361 e. The average molecular weight is 351 g/mol. The fourth-order valence-electron chi connectivity index (χ4n) is 2.57. The number of fused-ring (bicyclic) bond motifs is 1. The molecule has 2 heterocycles. The molecule has 0 fully saturated rings. The summed E-state index contributed by atoms with van der Waals surface area (Å²) >= 11 is 6.01. The smallest absolute Gasteiger partial charge is 0.227 e. The lowest BCUT2D eigenvalue weighted by Crippen LogP contribution is -1.97. The molecule has 0 radical (unpaired) electrons. The number of hydrogen-bond donors (Lipinski definition) is 2. The summed E-state index contributed by atoms with van der Waals surface area (Å²) in [6, 6.07) is 17.6. The molecular formula is C20H19ClN4. The van der Waals surface area contributed by atoms with Crippen LogP contribution in [0.3, 0.4) is 0 Å². The van der Waals surface area contributed by atoms with Gasteiger partial charge in [0.2, 0.25) is 5.95 Å². The van der Waals surface area contributed by atoms with Crippen LogP contribution in [-0.4, -0.2) is 15.0 Å². The highest BCUT2D eigenvalue weighted by atomic mass is 35.5. The van der Waals surface area contributed by atoms with Crippen LogP contribution >= 0.6 is 11.6 Å². The van der Waals surface area contributed by atoms with E-state index >= 15 is 0 Å². The molecular weight excluding hydrogens is 332 g/mol. The second-order valence-electron chi connectivity index (χ2n) is 5.15. The largest absolute Gasteiger partial charge is 0.361 e. The van der Waals surface area contributed by atoms with Gasteiger partial charge in [0, 0.05) is 39.6 Å². The predicted octanol–water partition coefficient (Wildman–Crippen LogP) is 6.05. The van der Waals surface area contributed by atoms with E-state index in [1.807, 2.05) is 62.5 Å². The maximum absolute atomic E-state index is 6.01. The summed E-state index contributed by atoms with van der Waals surface area (Å²) in [5, 5.41) is 4.99. The Labute approximate surface area is 151 Å². The lowest BCUT2D eigenvalue weighted by Gasteiger charge is -2.07. The highest BCUT2D eigenvalue weighted by Crippen LogP contribution is 2.27. The molecule has 4 rings (SSSR count). The predicted molar refractivity (Wildman–Crippen MR) is 105 cm³/mol. The van der Waals surface area contributed by atoms with Gasteiger partial charge in [0.05, 0.1) is 5.69 Å². The summed E-state index contributed by atoms with van der Waals surface area (Å²) < 4.78 is 0. The second kappa shape index (κ2) is 7.81. The normalized spacial score (nSPS) is 10.2. The van der Waals surface area contributed by atoms with Crippen LogP contribution in [0.15, 0.2) is 67.0 Å². The molecule has 2 aromatic carbocycles. The number of nitrogens with one attached hydrogen (secondary N) is 2. The first-order valence-corrected chi connectivity index (χ1v) is 8.59. The number of halogens is 1. The van der Waals surface area contributed by atoms with Gasteiger partial charge in [-0.2, -0.15) is 0 Å². The molecule has 25 heavy (non-hydrogen) atoms. The quantitative estimate of drug-likeness (QED) is 0.473. The maximum Gasteiger partial charge on any atom is 0.227 e. The molecule has 0 saturated carbocycles. The molecule has 5 heteroatoms. The van der Waals surface area contributed by atoms with Gasteiger partial charge in [0.25, 0.3) is 0 Å².